The van der Waals surface area contributed by atoms with Crippen molar-refractivity contribution in [1.82, 2.24) is 0 Å². The summed E-state index contributed by atoms with van der Waals surface area (Å²) < 4.78 is 0. The first-order chi connectivity index (χ1) is 9.38. The van der Waals surface area contributed by atoms with Crippen LogP contribution in [0.1, 0.15) is 40.0 Å². The fourth-order valence-electron chi connectivity index (χ4n) is 2.12. The van der Waals surface area contributed by atoms with Gasteiger partial charge in [-0.1, -0.05) is 20.8 Å². The molecule has 1 aliphatic rings. The maximum atomic E-state index is 11.9. The molecule has 0 aliphatic carbocycles. The van der Waals surface area contributed by atoms with Crippen LogP contribution in [0, 0.1) is 5.41 Å². The summed E-state index contributed by atoms with van der Waals surface area (Å²) in [5, 5.41) is 2.88. The Balaban J connectivity index is 2.06. The van der Waals surface area contributed by atoms with Crippen LogP contribution >= 0.6 is 0 Å². The van der Waals surface area contributed by atoms with Gasteiger partial charge in [0, 0.05) is 29.8 Å². The zero-order valence-electron chi connectivity index (χ0n) is 12.4. The number of anilines is 2. The molecule has 1 N–H and O–H groups in total. The number of nitrogens with zero attached hydrogens (tertiary/aromatic N) is 1. The minimum atomic E-state index is -0.415. The Hall–Kier alpha value is -1.84. The maximum Gasteiger partial charge on any atom is 0.229 e. The number of nitrogens with one attached hydrogen (secondary N) is 1. The summed E-state index contributed by atoms with van der Waals surface area (Å²) in [7, 11) is 0. The van der Waals surface area contributed by atoms with E-state index in [1.54, 1.807) is 0 Å². The summed E-state index contributed by atoms with van der Waals surface area (Å²) in [4.78, 5) is 25.6. The third kappa shape index (κ3) is 3.38. The van der Waals surface area contributed by atoms with Crippen LogP contribution < -0.4 is 10.2 Å². The molecule has 1 aromatic rings. The van der Waals surface area contributed by atoms with Crippen LogP contribution in [0.4, 0.5) is 11.4 Å². The Morgan fingerprint density at radius 3 is 2.35 bits per heavy atom. The van der Waals surface area contributed by atoms with E-state index in [0.717, 1.165) is 30.8 Å². The van der Waals surface area contributed by atoms with E-state index in [4.69, 9.17) is 0 Å². The quantitative estimate of drug-likeness (QED) is 0.900. The van der Waals surface area contributed by atoms with E-state index in [-0.39, 0.29) is 11.8 Å². The van der Waals surface area contributed by atoms with Crippen molar-refractivity contribution in [1.29, 1.82) is 0 Å². The molecule has 0 spiro atoms. The van der Waals surface area contributed by atoms with Gasteiger partial charge in [-0.05, 0) is 37.1 Å². The lowest BCUT2D eigenvalue weighted by Crippen LogP contribution is -2.35. The van der Waals surface area contributed by atoms with Crippen LogP contribution in [-0.4, -0.2) is 18.4 Å². The van der Waals surface area contributed by atoms with Crippen molar-refractivity contribution >= 4 is 23.2 Å². The van der Waals surface area contributed by atoms with Gasteiger partial charge in [0.15, 0.2) is 0 Å². The number of amides is 2. The Bertz CT molecular complexity index is 500. The van der Waals surface area contributed by atoms with Crippen molar-refractivity contribution < 1.29 is 9.59 Å². The van der Waals surface area contributed by atoms with Gasteiger partial charge in [0.05, 0.1) is 0 Å². The molecule has 2 rings (SSSR count). The van der Waals surface area contributed by atoms with Gasteiger partial charge in [-0.2, -0.15) is 0 Å². The fourth-order valence-corrected chi connectivity index (χ4v) is 2.12. The van der Waals surface area contributed by atoms with Gasteiger partial charge < -0.3 is 10.2 Å². The molecular weight excluding hydrogens is 252 g/mol. The molecule has 1 aromatic carbocycles. The number of rotatable bonds is 2. The summed E-state index contributed by atoms with van der Waals surface area (Å²) in [6.07, 6.45) is 2.66. The molecule has 0 aromatic heterocycles. The Morgan fingerprint density at radius 2 is 1.80 bits per heavy atom. The highest BCUT2D eigenvalue weighted by atomic mass is 16.2. The molecule has 1 fully saturated rings. The summed E-state index contributed by atoms with van der Waals surface area (Å²) in [6.45, 7) is 6.42. The Morgan fingerprint density at radius 1 is 1.15 bits per heavy atom. The molecule has 4 heteroatoms. The van der Waals surface area contributed by atoms with Crippen LogP contribution in [-0.2, 0) is 9.59 Å². The zero-order chi connectivity index (χ0) is 14.8. The van der Waals surface area contributed by atoms with Crippen LogP contribution in [0.15, 0.2) is 24.3 Å². The smallest absolute Gasteiger partial charge is 0.229 e. The van der Waals surface area contributed by atoms with Crippen molar-refractivity contribution in [2.75, 3.05) is 16.8 Å². The molecule has 0 unspecified atom stereocenters. The van der Waals surface area contributed by atoms with Crippen molar-refractivity contribution in [2.45, 2.75) is 40.0 Å². The average molecular weight is 274 g/mol. The molecule has 0 atom stereocenters. The molecule has 4 nitrogen and oxygen atoms in total. The van der Waals surface area contributed by atoms with E-state index in [1.165, 1.54) is 0 Å². The summed E-state index contributed by atoms with van der Waals surface area (Å²) in [5.74, 6) is 0.169. The third-order valence-corrected chi connectivity index (χ3v) is 3.44. The lowest BCUT2D eigenvalue weighted by atomic mass is 9.95. The number of carbonyl (C=O) groups is 2. The summed E-state index contributed by atoms with van der Waals surface area (Å²) in [6, 6.07) is 7.48. The van der Waals surface area contributed by atoms with Gasteiger partial charge in [-0.25, -0.2) is 0 Å². The highest BCUT2D eigenvalue weighted by Gasteiger charge is 2.22. The van der Waals surface area contributed by atoms with Gasteiger partial charge in [-0.15, -0.1) is 0 Å². The molecule has 0 radical (unpaired) electrons. The van der Waals surface area contributed by atoms with Crippen LogP contribution in [0.2, 0.25) is 0 Å². The molecule has 0 saturated carbocycles. The van der Waals surface area contributed by atoms with Gasteiger partial charge in [0.25, 0.3) is 0 Å². The van der Waals surface area contributed by atoms with E-state index in [0.29, 0.717) is 6.42 Å². The molecular formula is C16H22N2O2. The molecule has 1 aliphatic heterocycles. The number of hydrogen-bond acceptors (Lipinski definition) is 2. The first-order valence-corrected chi connectivity index (χ1v) is 7.10. The summed E-state index contributed by atoms with van der Waals surface area (Å²) in [5.41, 5.74) is 1.25. The number of hydrogen-bond donors (Lipinski definition) is 1. The second kappa shape index (κ2) is 5.65. The van der Waals surface area contributed by atoms with Gasteiger partial charge in [0.2, 0.25) is 11.8 Å². The second-order valence-corrected chi connectivity index (χ2v) is 6.25. The number of benzene rings is 1. The minimum absolute atomic E-state index is 0.0145. The predicted octanol–water partition coefficient (Wildman–Crippen LogP) is 3.19. The van der Waals surface area contributed by atoms with Gasteiger partial charge in [0.1, 0.15) is 0 Å². The van der Waals surface area contributed by atoms with Gasteiger partial charge in [-0.3, -0.25) is 9.59 Å². The van der Waals surface area contributed by atoms with Crippen molar-refractivity contribution in [2.24, 2.45) is 5.41 Å². The Kier molecular flexibility index (Phi) is 4.12. The lowest BCUT2D eigenvalue weighted by Gasteiger charge is -2.27. The normalized spacial score (nSPS) is 16.1. The number of carbonyl (C=O) groups excluding carboxylic acids is 2. The zero-order valence-corrected chi connectivity index (χ0v) is 12.4. The van der Waals surface area contributed by atoms with Crippen molar-refractivity contribution in [3.05, 3.63) is 24.3 Å². The van der Waals surface area contributed by atoms with E-state index < -0.39 is 5.41 Å². The maximum absolute atomic E-state index is 11.9. The topological polar surface area (TPSA) is 49.4 Å². The van der Waals surface area contributed by atoms with E-state index in [2.05, 4.69) is 5.32 Å². The molecule has 108 valence electrons. The predicted molar refractivity (Wildman–Crippen MR) is 80.7 cm³/mol. The Labute approximate surface area is 120 Å². The second-order valence-electron chi connectivity index (χ2n) is 6.25. The third-order valence-electron chi connectivity index (χ3n) is 3.44. The standard InChI is InChI=1S/C16H22N2O2/c1-16(2,3)15(20)17-12-7-9-13(10-8-12)18-11-5-4-6-14(18)19/h7-10H,4-6,11H2,1-3H3,(H,17,20). The van der Waals surface area contributed by atoms with Crippen LogP contribution in [0.5, 0.6) is 0 Å². The van der Waals surface area contributed by atoms with E-state index in [1.807, 2.05) is 49.9 Å². The lowest BCUT2D eigenvalue weighted by molar-refractivity contribution is -0.123. The molecule has 2 amide bonds. The highest BCUT2D eigenvalue weighted by molar-refractivity contribution is 5.96. The molecule has 20 heavy (non-hydrogen) atoms. The van der Waals surface area contributed by atoms with Crippen LogP contribution in [0.25, 0.3) is 0 Å². The van der Waals surface area contributed by atoms with Gasteiger partial charge >= 0.3 is 0 Å². The monoisotopic (exact) mass is 274 g/mol. The molecule has 1 heterocycles. The molecule has 0 bridgehead atoms. The van der Waals surface area contributed by atoms with Crippen molar-refractivity contribution in [3.8, 4) is 0 Å². The minimum Gasteiger partial charge on any atom is -0.326 e. The average Bonchev–Trinajstić information content (AvgIpc) is 2.39. The largest absolute Gasteiger partial charge is 0.326 e. The highest BCUT2D eigenvalue weighted by Crippen LogP contribution is 2.23. The molecule has 1 saturated heterocycles. The SMILES string of the molecule is CC(C)(C)C(=O)Nc1ccc(N2CCCCC2=O)cc1. The van der Waals surface area contributed by atoms with Crippen molar-refractivity contribution in [3.63, 3.8) is 0 Å². The van der Waals surface area contributed by atoms with E-state index >= 15 is 0 Å². The summed E-state index contributed by atoms with van der Waals surface area (Å²) >= 11 is 0. The first-order valence-electron chi connectivity index (χ1n) is 7.10. The fraction of sp³-hybridized carbons (Fsp3) is 0.500. The first kappa shape index (κ1) is 14.6. The van der Waals surface area contributed by atoms with E-state index in [9.17, 15) is 9.59 Å². The van der Waals surface area contributed by atoms with Crippen LogP contribution in [0.3, 0.4) is 0 Å². The number of piperidine rings is 1.